The van der Waals surface area contributed by atoms with Gasteiger partial charge in [0.25, 0.3) is 5.91 Å². The molecule has 0 bridgehead atoms. The lowest BCUT2D eigenvalue weighted by molar-refractivity contribution is -0.138. The van der Waals surface area contributed by atoms with Gasteiger partial charge in [0.1, 0.15) is 0 Å². The highest BCUT2D eigenvalue weighted by molar-refractivity contribution is 6.10. The molecule has 178 valence electrons. The number of halogens is 6. The molecule has 0 unspecified atom stereocenters. The second-order valence-electron chi connectivity index (χ2n) is 7.67. The third-order valence-electron chi connectivity index (χ3n) is 5.14. The molecule has 11 heteroatoms. The number of aliphatic imine (C=N–C) groups is 1. The number of nitrogens with one attached hydrogen (secondary N) is 2. The van der Waals surface area contributed by atoms with Crippen molar-refractivity contribution in [2.45, 2.75) is 50.2 Å². The van der Waals surface area contributed by atoms with Crippen LogP contribution in [0.2, 0.25) is 0 Å². The van der Waals surface area contributed by atoms with Crippen molar-refractivity contribution in [1.29, 1.82) is 0 Å². The first kappa shape index (κ1) is 24.6. The molecule has 2 aromatic rings. The zero-order valence-electron chi connectivity index (χ0n) is 17.2. The molecule has 1 aliphatic rings. The summed E-state index contributed by atoms with van der Waals surface area (Å²) in [6.07, 6.45) is -7.61. The summed E-state index contributed by atoms with van der Waals surface area (Å²) in [6, 6.07) is 7.51. The van der Waals surface area contributed by atoms with Crippen LogP contribution in [0.3, 0.4) is 0 Å². The van der Waals surface area contributed by atoms with Crippen molar-refractivity contribution < 1.29 is 36.2 Å². The van der Waals surface area contributed by atoms with Crippen LogP contribution < -0.4 is 10.6 Å². The van der Waals surface area contributed by atoms with Crippen LogP contribution in [0, 0.1) is 0 Å². The number of hydrogen-bond donors (Lipinski definition) is 3. The van der Waals surface area contributed by atoms with E-state index in [-0.39, 0.29) is 23.3 Å². The number of aliphatic hydroxyl groups excluding tert-OH is 1. The normalized spacial score (nSPS) is 19.8. The Labute approximate surface area is 185 Å². The van der Waals surface area contributed by atoms with Gasteiger partial charge < -0.3 is 10.4 Å². The van der Waals surface area contributed by atoms with Gasteiger partial charge in [-0.2, -0.15) is 26.3 Å². The number of rotatable bonds is 3. The molecule has 0 atom stereocenters. The predicted octanol–water partition coefficient (Wildman–Crippen LogP) is 5.23. The highest BCUT2D eigenvalue weighted by atomic mass is 19.4. The van der Waals surface area contributed by atoms with E-state index in [1.165, 1.54) is 12.1 Å². The van der Waals surface area contributed by atoms with E-state index in [1.54, 1.807) is 0 Å². The monoisotopic (exact) mass is 473 g/mol. The lowest BCUT2D eigenvalue weighted by atomic mass is 9.94. The molecule has 0 heterocycles. The Kier molecular flexibility index (Phi) is 7.31. The Bertz CT molecular complexity index is 994. The molecule has 0 radical (unpaired) electrons. The van der Waals surface area contributed by atoms with Crippen LogP contribution in [0.1, 0.15) is 47.2 Å². The minimum absolute atomic E-state index is 0.0205. The highest BCUT2D eigenvalue weighted by Crippen LogP contribution is 2.31. The summed E-state index contributed by atoms with van der Waals surface area (Å²) in [6.45, 7) is 0. The van der Waals surface area contributed by atoms with Gasteiger partial charge in [0.05, 0.1) is 23.3 Å². The van der Waals surface area contributed by atoms with Crippen LogP contribution >= 0.6 is 0 Å². The molecule has 5 nitrogen and oxygen atoms in total. The molecule has 0 aromatic heterocycles. The van der Waals surface area contributed by atoms with Crippen molar-refractivity contribution in [2.24, 2.45) is 4.99 Å². The number of aliphatic hydroxyl groups is 1. The Morgan fingerprint density at radius 3 is 2.06 bits per heavy atom. The number of alkyl halides is 6. The van der Waals surface area contributed by atoms with Gasteiger partial charge in [-0.1, -0.05) is 6.07 Å². The van der Waals surface area contributed by atoms with E-state index in [1.807, 2.05) is 0 Å². The summed E-state index contributed by atoms with van der Waals surface area (Å²) >= 11 is 0. The standard InChI is InChI=1S/C22H21F6N3O2/c23-21(24,25)14-6-4-13(5-7-14)19(33)31-20(29-16-8-10-18(32)11-9-16)30-17-3-1-2-15(12-17)22(26,27)28/h1-7,12,16,18,32H,8-11H2,(H2,29,30,31,33). The van der Waals surface area contributed by atoms with E-state index in [0.717, 1.165) is 36.4 Å². The van der Waals surface area contributed by atoms with Gasteiger partial charge >= 0.3 is 12.4 Å². The molecule has 1 saturated carbocycles. The Balaban J connectivity index is 1.82. The van der Waals surface area contributed by atoms with Crippen molar-refractivity contribution in [2.75, 3.05) is 5.32 Å². The molecule has 33 heavy (non-hydrogen) atoms. The fraction of sp³-hybridized carbons (Fsp3) is 0.364. The maximum Gasteiger partial charge on any atom is 0.416 e. The third kappa shape index (κ3) is 6.95. The third-order valence-corrected chi connectivity index (χ3v) is 5.14. The summed E-state index contributed by atoms with van der Waals surface area (Å²) < 4.78 is 77.3. The Morgan fingerprint density at radius 2 is 1.48 bits per heavy atom. The Hall–Kier alpha value is -3.08. The average Bonchev–Trinajstić information content (AvgIpc) is 2.74. The van der Waals surface area contributed by atoms with E-state index in [4.69, 9.17) is 0 Å². The van der Waals surface area contributed by atoms with E-state index in [0.29, 0.717) is 25.7 Å². The predicted molar refractivity (Wildman–Crippen MR) is 110 cm³/mol. The largest absolute Gasteiger partial charge is 0.416 e. The first-order chi connectivity index (χ1) is 15.4. The van der Waals surface area contributed by atoms with Crippen molar-refractivity contribution in [3.05, 3.63) is 65.2 Å². The molecule has 3 rings (SSSR count). The number of nitrogens with zero attached hydrogens (tertiary/aromatic N) is 1. The van der Waals surface area contributed by atoms with E-state index < -0.39 is 35.5 Å². The van der Waals surface area contributed by atoms with E-state index >= 15 is 0 Å². The summed E-state index contributed by atoms with van der Waals surface area (Å²) in [5, 5.41) is 14.7. The van der Waals surface area contributed by atoms with Gasteiger partial charge in [0.2, 0.25) is 5.96 Å². The lowest BCUT2D eigenvalue weighted by Crippen LogP contribution is -2.37. The molecule has 1 amide bonds. The number of carbonyl (C=O) groups excluding carboxylic acids is 1. The number of anilines is 1. The number of carbonyl (C=O) groups is 1. The highest BCUT2D eigenvalue weighted by Gasteiger charge is 2.31. The number of amides is 1. The maximum absolute atomic E-state index is 13.0. The number of guanidine groups is 1. The molecule has 1 fully saturated rings. The molecule has 3 N–H and O–H groups in total. The van der Waals surface area contributed by atoms with Crippen molar-refractivity contribution in [1.82, 2.24) is 5.32 Å². The van der Waals surface area contributed by atoms with Gasteiger partial charge in [-0.25, -0.2) is 4.99 Å². The second kappa shape index (κ2) is 9.82. The van der Waals surface area contributed by atoms with Crippen LogP contribution in [-0.2, 0) is 12.4 Å². The molecule has 0 spiro atoms. The van der Waals surface area contributed by atoms with E-state index in [9.17, 15) is 36.2 Å². The van der Waals surface area contributed by atoms with Gasteiger partial charge in [-0.3, -0.25) is 10.1 Å². The number of hydrogen-bond acceptors (Lipinski definition) is 3. The lowest BCUT2D eigenvalue weighted by Gasteiger charge is -2.23. The first-order valence-corrected chi connectivity index (χ1v) is 10.1. The van der Waals surface area contributed by atoms with Gasteiger partial charge in [-0.05, 0) is 68.1 Å². The van der Waals surface area contributed by atoms with Gasteiger partial charge in [0, 0.05) is 11.3 Å². The van der Waals surface area contributed by atoms with Crippen LogP contribution in [0.5, 0.6) is 0 Å². The molecule has 2 aromatic carbocycles. The van der Waals surface area contributed by atoms with Crippen molar-refractivity contribution in [3.63, 3.8) is 0 Å². The molecule has 1 aliphatic carbocycles. The zero-order valence-corrected chi connectivity index (χ0v) is 17.2. The number of benzene rings is 2. The van der Waals surface area contributed by atoms with Crippen molar-refractivity contribution >= 4 is 17.6 Å². The van der Waals surface area contributed by atoms with Crippen LogP contribution in [0.15, 0.2) is 53.5 Å². The molecular formula is C22H21F6N3O2. The zero-order chi connectivity index (χ0) is 24.2. The van der Waals surface area contributed by atoms with Gasteiger partial charge in [0.15, 0.2) is 0 Å². The van der Waals surface area contributed by atoms with E-state index in [2.05, 4.69) is 15.6 Å². The Morgan fingerprint density at radius 1 is 0.879 bits per heavy atom. The minimum Gasteiger partial charge on any atom is -0.393 e. The van der Waals surface area contributed by atoms with Crippen LogP contribution in [0.25, 0.3) is 0 Å². The topological polar surface area (TPSA) is 73.7 Å². The van der Waals surface area contributed by atoms with Crippen LogP contribution in [-0.4, -0.2) is 29.1 Å². The summed E-state index contributed by atoms with van der Waals surface area (Å²) in [4.78, 5) is 17.0. The average molecular weight is 473 g/mol. The summed E-state index contributed by atoms with van der Waals surface area (Å²) in [7, 11) is 0. The maximum atomic E-state index is 13.0. The fourth-order valence-electron chi connectivity index (χ4n) is 3.37. The second-order valence-corrected chi connectivity index (χ2v) is 7.67. The molecule has 0 aliphatic heterocycles. The molecular weight excluding hydrogens is 452 g/mol. The van der Waals surface area contributed by atoms with Crippen LogP contribution in [0.4, 0.5) is 32.0 Å². The fourth-order valence-corrected chi connectivity index (χ4v) is 3.37. The van der Waals surface area contributed by atoms with Crippen molar-refractivity contribution in [3.8, 4) is 0 Å². The minimum atomic E-state index is -4.57. The smallest absolute Gasteiger partial charge is 0.393 e. The first-order valence-electron chi connectivity index (χ1n) is 10.1. The summed E-state index contributed by atoms with van der Waals surface area (Å²) in [5.41, 5.74) is -1.88. The molecule has 0 saturated heterocycles. The SMILES string of the molecule is O=C(NC(=NC1CCC(O)CC1)Nc1cccc(C(F)(F)F)c1)c1ccc(C(F)(F)F)cc1. The van der Waals surface area contributed by atoms with Gasteiger partial charge in [-0.15, -0.1) is 0 Å². The quantitative estimate of drug-likeness (QED) is 0.325. The summed E-state index contributed by atoms with van der Waals surface area (Å²) in [5.74, 6) is -0.918.